The fourth-order valence-electron chi connectivity index (χ4n) is 3.09. The number of halogens is 1. The molecule has 0 spiro atoms. The van der Waals surface area contributed by atoms with Crippen LogP contribution >= 0.6 is 15.9 Å². The van der Waals surface area contributed by atoms with E-state index < -0.39 is 0 Å². The van der Waals surface area contributed by atoms with Gasteiger partial charge in [-0.2, -0.15) is 0 Å². The number of likely N-dealkylation sites (tertiary alicyclic amines) is 1. The first kappa shape index (κ1) is 18.9. The number of nitrogens with zero attached hydrogens (tertiary/aromatic N) is 1. The second-order valence-corrected chi connectivity index (χ2v) is 7.87. The van der Waals surface area contributed by atoms with Crippen molar-refractivity contribution in [2.75, 3.05) is 25.0 Å². The van der Waals surface area contributed by atoms with Crippen molar-refractivity contribution in [3.8, 4) is 0 Å². The normalized spacial score (nSPS) is 17.7. The molecule has 7 heteroatoms. The Morgan fingerprint density at radius 1 is 1.15 bits per heavy atom. The van der Waals surface area contributed by atoms with Crippen LogP contribution < -0.4 is 5.32 Å². The summed E-state index contributed by atoms with van der Waals surface area (Å²) < 4.78 is 5.95. The summed E-state index contributed by atoms with van der Waals surface area (Å²) in [6, 6.07) is 5.59. The summed E-state index contributed by atoms with van der Waals surface area (Å²) in [5, 5.41) is 2.72. The van der Waals surface area contributed by atoms with Gasteiger partial charge < -0.3 is 15.0 Å². The number of esters is 1. The Labute approximate surface area is 161 Å². The minimum absolute atomic E-state index is 0.211. The lowest BCUT2D eigenvalue weighted by atomic mass is 9.97. The Bertz CT molecular complexity index is 709. The molecule has 1 aromatic carbocycles. The van der Waals surface area contributed by atoms with Crippen molar-refractivity contribution < 1.29 is 19.1 Å². The fraction of sp³-hybridized carbons (Fsp3) is 0.526. The van der Waals surface area contributed by atoms with Crippen LogP contribution in [0.1, 0.15) is 31.2 Å². The quantitative estimate of drug-likeness (QED) is 0.740. The number of carbonyl (C=O) groups excluding carboxylic acids is 3. The highest BCUT2D eigenvalue weighted by Crippen LogP contribution is 2.32. The number of hydrogen-bond acceptors (Lipinski definition) is 4. The van der Waals surface area contributed by atoms with Crippen molar-refractivity contribution in [2.24, 2.45) is 11.8 Å². The van der Waals surface area contributed by atoms with Gasteiger partial charge in [0.15, 0.2) is 6.61 Å². The van der Waals surface area contributed by atoms with Gasteiger partial charge in [-0.15, -0.1) is 0 Å². The van der Waals surface area contributed by atoms with Crippen molar-refractivity contribution in [3.63, 3.8) is 0 Å². The van der Waals surface area contributed by atoms with Gasteiger partial charge >= 0.3 is 5.97 Å². The van der Waals surface area contributed by atoms with Crippen molar-refractivity contribution in [2.45, 2.75) is 32.6 Å². The molecule has 2 aliphatic rings. The zero-order chi connectivity index (χ0) is 18.7. The third kappa shape index (κ3) is 4.84. The predicted octanol–water partition coefficient (Wildman–Crippen LogP) is 2.89. The summed E-state index contributed by atoms with van der Waals surface area (Å²) in [6.07, 6.45) is 3.19. The molecule has 2 fully saturated rings. The molecule has 0 atom stereocenters. The van der Waals surface area contributed by atoms with Crippen molar-refractivity contribution in [3.05, 3.63) is 28.2 Å². The van der Waals surface area contributed by atoms with E-state index in [9.17, 15) is 14.4 Å². The topological polar surface area (TPSA) is 75.7 Å². The molecule has 1 heterocycles. The number of ether oxygens (including phenoxy) is 1. The monoisotopic (exact) mass is 422 g/mol. The largest absolute Gasteiger partial charge is 0.455 e. The molecule has 6 nitrogen and oxygen atoms in total. The molecule has 140 valence electrons. The average molecular weight is 423 g/mol. The van der Waals surface area contributed by atoms with Gasteiger partial charge in [0.2, 0.25) is 5.91 Å². The van der Waals surface area contributed by atoms with Crippen molar-refractivity contribution >= 4 is 39.4 Å². The maximum atomic E-state index is 12.2. The van der Waals surface area contributed by atoms with Gasteiger partial charge in [0.1, 0.15) is 0 Å². The Balaban J connectivity index is 1.41. The molecule has 3 rings (SSSR count). The SMILES string of the molecule is Cc1ccc(NC(=O)COC(=O)C2CCN(C(=O)C3CC3)CC2)c(Br)c1. The molecule has 1 aliphatic carbocycles. The molecule has 26 heavy (non-hydrogen) atoms. The number of benzene rings is 1. The van der Waals surface area contributed by atoms with Crippen LogP contribution in [-0.2, 0) is 19.1 Å². The second-order valence-electron chi connectivity index (χ2n) is 7.01. The minimum Gasteiger partial charge on any atom is -0.455 e. The molecule has 2 amide bonds. The van der Waals surface area contributed by atoms with Crippen LogP contribution in [0.25, 0.3) is 0 Å². The molecular formula is C19H23BrN2O4. The molecule has 1 N–H and O–H groups in total. The first-order valence-corrected chi connectivity index (χ1v) is 9.75. The van der Waals surface area contributed by atoms with Crippen LogP contribution in [0.15, 0.2) is 22.7 Å². The lowest BCUT2D eigenvalue weighted by molar-refractivity contribution is -0.154. The molecule has 0 unspecified atom stereocenters. The summed E-state index contributed by atoms with van der Waals surface area (Å²) >= 11 is 3.40. The van der Waals surface area contributed by atoms with Crippen LogP contribution in [-0.4, -0.2) is 42.4 Å². The molecule has 1 saturated heterocycles. The molecule has 0 radical (unpaired) electrons. The van der Waals surface area contributed by atoms with E-state index in [0.717, 1.165) is 22.9 Å². The Kier molecular flexibility index (Phi) is 5.96. The number of amides is 2. The highest BCUT2D eigenvalue weighted by molar-refractivity contribution is 9.10. The highest BCUT2D eigenvalue weighted by Gasteiger charge is 2.36. The number of anilines is 1. The van der Waals surface area contributed by atoms with Gasteiger partial charge in [0, 0.05) is 23.5 Å². The van der Waals surface area contributed by atoms with E-state index in [-0.39, 0.29) is 36.2 Å². The zero-order valence-corrected chi connectivity index (χ0v) is 16.4. The summed E-state index contributed by atoms with van der Waals surface area (Å²) in [7, 11) is 0. The van der Waals surface area contributed by atoms with Gasteiger partial charge in [-0.05, 0) is 66.2 Å². The highest BCUT2D eigenvalue weighted by atomic mass is 79.9. The zero-order valence-electron chi connectivity index (χ0n) is 14.8. The van der Waals surface area contributed by atoms with E-state index in [2.05, 4.69) is 21.2 Å². The van der Waals surface area contributed by atoms with E-state index >= 15 is 0 Å². The third-order valence-corrected chi connectivity index (χ3v) is 5.47. The van der Waals surface area contributed by atoms with Gasteiger partial charge in [-0.1, -0.05) is 6.07 Å². The number of carbonyl (C=O) groups is 3. The minimum atomic E-state index is -0.371. The lowest BCUT2D eigenvalue weighted by Gasteiger charge is -2.31. The van der Waals surface area contributed by atoms with Crippen LogP contribution in [0, 0.1) is 18.8 Å². The number of piperidine rings is 1. The standard InChI is InChI=1S/C19H23BrN2O4/c1-12-2-5-16(15(20)10-12)21-17(23)11-26-19(25)14-6-8-22(9-7-14)18(24)13-3-4-13/h2,5,10,13-14H,3-4,6-9,11H2,1H3,(H,21,23). The fourth-order valence-corrected chi connectivity index (χ4v) is 3.68. The Hall–Kier alpha value is -1.89. The van der Waals surface area contributed by atoms with Gasteiger partial charge in [0.05, 0.1) is 11.6 Å². The average Bonchev–Trinajstić information content (AvgIpc) is 3.47. The first-order valence-electron chi connectivity index (χ1n) is 8.95. The number of aryl methyl sites for hydroxylation is 1. The van der Waals surface area contributed by atoms with Gasteiger partial charge in [-0.3, -0.25) is 14.4 Å². The molecule has 1 saturated carbocycles. The maximum Gasteiger partial charge on any atom is 0.309 e. The van der Waals surface area contributed by atoms with Crippen molar-refractivity contribution in [1.29, 1.82) is 0 Å². The van der Waals surface area contributed by atoms with Crippen LogP contribution in [0.4, 0.5) is 5.69 Å². The molecule has 1 aliphatic heterocycles. The number of hydrogen-bond donors (Lipinski definition) is 1. The van der Waals surface area contributed by atoms with E-state index in [0.29, 0.717) is 31.6 Å². The summed E-state index contributed by atoms with van der Waals surface area (Å²) in [5.41, 5.74) is 1.72. The predicted molar refractivity (Wildman–Crippen MR) is 100 cm³/mol. The smallest absolute Gasteiger partial charge is 0.309 e. The summed E-state index contributed by atoms with van der Waals surface area (Å²) in [5.74, 6) is -0.536. The van der Waals surface area contributed by atoms with Crippen LogP contribution in [0.2, 0.25) is 0 Å². The number of nitrogens with one attached hydrogen (secondary N) is 1. The van der Waals surface area contributed by atoms with Gasteiger partial charge in [-0.25, -0.2) is 0 Å². The van der Waals surface area contributed by atoms with Crippen LogP contribution in [0.5, 0.6) is 0 Å². The molecule has 0 bridgehead atoms. The lowest BCUT2D eigenvalue weighted by Crippen LogP contribution is -2.41. The van der Waals surface area contributed by atoms with Crippen LogP contribution in [0.3, 0.4) is 0 Å². The van der Waals surface area contributed by atoms with E-state index in [4.69, 9.17) is 4.74 Å². The molecule has 1 aromatic rings. The Morgan fingerprint density at radius 2 is 1.85 bits per heavy atom. The van der Waals surface area contributed by atoms with Crippen molar-refractivity contribution in [1.82, 2.24) is 4.90 Å². The van der Waals surface area contributed by atoms with E-state index in [1.54, 1.807) is 6.07 Å². The Morgan fingerprint density at radius 3 is 2.46 bits per heavy atom. The second kappa shape index (κ2) is 8.20. The first-order chi connectivity index (χ1) is 12.4. The van der Waals surface area contributed by atoms with E-state index in [1.807, 2.05) is 24.0 Å². The maximum absolute atomic E-state index is 12.2. The molecular weight excluding hydrogens is 400 g/mol. The third-order valence-electron chi connectivity index (χ3n) is 4.81. The van der Waals surface area contributed by atoms with E-state index in [1.165, 1.54) is 0 Å². The summed E-state index contributed by atoms with van der Waals surface area (Å²) in [6.45, 7) is 2.84. The van der Waals surface area contributed by atoms with Gasteiger partial charge in [0.25, 0.3) is 5.91 Å². The number of rotatable bonds is 5. The molecule has 0 aromatic heterocycles. The summed E-state index contributed by atoms with van der Waals surface area (Å²) in [4.78, 5) is 38.0.